The molecule has 0 bridgehead atoms. The average Bonchev–Trinajstić information content (AvgIpc) is 3.25. The average molecular weight is 433 g/mol. The number of hydrogen-bond acceptors (Lipinski definition) is 8. The number of aromatic nitrogens is 4. The molecule has 1 aliphatic rings. The molecule has 1 N–H and O–H groups in total. The van der Waals surface area contributed by atoms with Gasteiger partial charge in [-0.15, -0.1) is 5.10 Å². The van der Waals surface area contributed by atoms with Crippen LogP contribution in [0.4, 0.5) is 5.95 Å². The third-order valence-electron chi connectivity index (χ3n) is 5.75. The molecule has 9 nitrogen and oxygen atoms in total. The largest absolute Gasteiger partial charge is 0.497 e. The Bertz CT molecular complexity index is 1330. The van der Waals surface area contributed by atoms with Crippen LogP contribution < -0.4 is 19.5 Å². The quantitative estimate of drug-likeness (QED) is 0.474. The number of anilines is 1. The molecule has 0 aliphatic heterocycles. The molecule has 0 saturated heterocycles. The summed E-state index contributed by atoms with van der Waals surface area (Å²) in [6.07, 6.45) is 0.967. The van der Waals surface area contributed by atoms with Crippen molar-refractivity contribution in [3.05, 3.63) is 47.8 Å². The fourth-order valence-corrected chi connectivity index (χ4v) is 3.92. The molecule has 32 heavy (non-hydrogen) atoms. The van der Waals surface area contributed by atoms with Crippen LogP contribution in [-0.4, -0.2) is 46.7 Å². The van der Waals surface area contributed by atoms with E-state index in [2.05, 4.69) is 5.32 Å². The van der Waals surface area contributed by atoms with E-state index in [4.69, 9.17) is 29.3 Å². The standard InChI is InChI=1S/C23H23N5O4/c1-30-16-8-7-13(19(11-16)32-3)12-24-23-25-20-17(5-4-6-18(20)31-2)22-26-21(27-28(22)23)14-9-15(29)10-14/h4-8,11,14H,9-10,12H2,1-3H3,(H,24,25). The van der Waals surface area contributed by atoms with Crippen LogP contribution in [0.25, 0.3) is 16.6 Å². The van der Waals surface area contributed by atoms with Gasteiger partial charge >= 0.3 is 0 Å². The van der Waals surface area contributed by atoms with Gasteiger partial charge in [-0.1, -0.05) is 6.07 Å². The normalized spacial score (nSPS) is 13.9. The summed E-state index contributed by atoms with van der Waals surface area (Å²) < 4.78 is 18.0. The van der Waals surface area contributed by atoms with E-state index in [-0.39, 0.29) is 11.7 Å². The first kappa shape index (κ1) is 20.0. The molecule has 1 fully saturated rings. The Morgan fingerprint density at radius 1 is 1.03 bits per heavy atom. The van der Waals surface area contributed by atoms with E-state index >= 15 is 0 Å². The number of Topliss-reactive ketones (excluding diaryl/α,β-unsaturated/α-hetero) is 1. The molecule has 1 saturated carbocycles. The zero-order valence-corrected chi connectivity index (χ0v) is 18.1. The molecular weight excluding hydrogens is 410 g/mol. The van der Waals surface area contributed by atoms with Crippen molar-refractivity contribution < 1.29 is 19.0 Å². The number of para-hydroxylation sites is 1. The van der Waals surface area contributed by atoms with Crippen LogP contribution in [0.3, 0.4) is 0 Å². The number of methoxy groups -OCH3 is 3. The third kappa shape index (κ3) is 3.35. The number of rotatable bonds is 7. The molecule has 164 valence electrons. The lowest BCUT2D eigenvalue weighted by Crippen LogP contribution is -2.22. The molecular formula is C23H23N5O4. The number of carbonyl (C=O) groups is 1. The first-order valence-electron chi connectivity index (χ1n) is 10.3. The van der Waals surface area contributed by atoms with Gasteiger partial charge in [-0.3, -0.25) is 4.79 Å². The minimum atomic E-state index is 0.0533. The van der Waals surface area contributed by atoms with Crippen LogP contribution in [0.1, 0.15) is 30.1 Å². The number of ether oxygens (including phenoxy) is 3. The van der Waals surface area contributed by atoms with Crippen LogP contribution in [-0.2, 0) is 11.3 Å². The van der Waals surface area contributed by atoms with Crippen molar-refractivity contribution in [1.82, 2.24) is 19.6 Å². The molecule has 0 unspecified atom stereocenters. The van der Waals surface area contributed by atoms with Crippen molar-refractivity contribution in [3.8, 4) is 17.2 Å². The second-order valence-corrected chi connectivity index (χ2v) is 7.67. The fourth-order valence-electron chi connectivity index (χ4n) is 3.92. The van der Waals surface area contributed by atoms with Crippen molar-refractivity contribution in [3.63, 3.8) is 0 Å². The van der Waals surface area contributed by atoms with E-state index in [0.717, 1.165) is 16.7 Å². The third-order valence-corrected chi connectivity index (χ3v) is 5.75. The number of nitrogens with zero attached hydrogens (tertiary/aromatic N) is 4. The lowest BCUT2D eigenvalue weighted by atomic mass is 9.83. The maximum Gasteiger partial charge on any atom is 0.226 e. The van der Waals surface area contributed by atoms with E-state index in [1.165, 1.54) is 0 Å². The Balaban J connectivity index is 1.58. The van der Waals surface area contributed by atoms with Crippen LogP contribution in [0.15, 0.2) is 36.4 Å². The number of nitrogens with one attached hydrogen (secondary N) is 1. The smallest absolute Gasteiger partial charge is 0.226 e. The summed E-state index contributed by atoms with van der Waals surface area (Å²) >= 11 is 0. The van der Waals surface area contributed by atoms with Gasteiger partial charge in [-0.25, -0.2) is 9.97 Å². The van der Waals surface area contributed by atoms with E-state index in [0.29, 0.717) is 53.8 Å². The van der Waals surface area contributed by atoms with Crippen molar-refractivity contribution in [2.24, 2.45) is 0 Å². The number of ketones is 1. The topological polar surface area (TPSA) is 99.9 Å². The SMILES string of the molecule is COc1ccc(CNc2nc3c(OC)cccc3c3nc(C4CC(=O)C4)nn23)c(OC)c1. The minimum absolute atomic E-state index is 0.0533. The summed E-state index contributed by atoms with van der Waals surface area (Å²) in [6.45, 7) is 0.451. The maximum absolute atomic E-state index is 11.5. The number of hydrogen-bond donors (Lipinski definition) is 1. The van der Waals surface area contributed by atoms with Gasteiger partial charge in [0.05, 0.1) is 21.3 Å². The first-order valence-corrected chi connectivity index (χ1v) is 10.3. The van der Waals surface area contributed by atoms with E-state index in [1.54, 1.807) is 25.8 Å². The van der Waals surface area contributed by atoms with Gasteiger partial charge in [-0.05, 0) is 24.3 Å². The minimum Gasteiger partial charge on any atom is -0.497 e. The molecule has 0 spiro atoms. The zero-order chi connectivity index (χ0) is 22.2. The Morgan fingerprint density at radius 2 is 1.84 bits per heavy atom. The summed E-state index contributed by atoms with van der Waals surface area (Å²) in [4.78, 5) is 21.1. The highest BCUT2D eigenvalue weighted by Gasteiger charge is 2.32. The van der Waals surface area contributed by atoms with Gasteiger partial charge in [0.15, 0.2) is 11.5 Å². The molecule has 9 heteroatoms. The van der Waals surface area contributed by atoms with Crippen LogP contribution in [0, 0.1) is 0 Å². The Hall–Kier alpha value is -3.88. The predicted octanol–water partition coefficient (Wildman–Crippen LogP) is 3.36. The van der Waals surface area contributed by atoms with Gasteiger partial charge in [0, 0.05) is 42.3 Å². The van der Waals surface area contributed by atoms with E-state index in [1.807, 2.05) is 36.4 Å². The van der Waals surface area contributed by atoms with Crippen molar-refractivity contribution in [2.45, 2.75) is 25.3 Å². The van der Waals surface area contributed by atoms with Crippen LogP contribution >= 0.6 is 0 Å². The summed E-state index contributed by atoms with van der Waals surface area (Å²) in [5.74, 6) is 3.56. The predicted molar refractivity (Wildman–Crippen MR) is 119 cm³/mol. The number of benzene rings is 2. The highest BCUT2D eigenvalue weighted by molar-refractivity contribution is 5.96. The van der Waals surface area contributed by atoms with Crippen LogP contribution in [0.5, 0.6) is 17.2 Å². The van der Waals surface area contributed by atoms with Crippen molar-refractivity contribution >= 4 is 28.3 Å². The molecule has 2 heterocycles. The molecule has 5 rings (SSSR count). The lowest BCUT2D eigenvalue weighted by molar-refractivity contribution is -0.124. The highest BCUT2D eigenvalue weighted by Crippen LogP contribution is 2.34. The molecule has 0 radical (unpaired) electrons. The molecule has 2 aromatic carbocycles. The van der Waals surface area contributed by atoms with Crippen molar-refractivity contribution in [1.29, 1.82) is 0 Å². The first-order chi connectivity index (χ1) is 15.6. The Morgan fingerprint density at radius 3 is 2.56 bits per heavy atom. The summed E-state index contributed by atoms with van der Waals surface area (Å²) in [7, 11) is 4.86. The Kier molecular flexibility index (Phi) is 5.01. The highest BCUT2D eigenvalue weighted by atomic mass is 16.5. The number of carbonyl (C=O) groups excluding carboxylic acids is 1. The second-order valence-electron chi connectivity index (χ2n) is 7.67. The van der Waals surface area contributed by atoms with Gasteiger partial charge in [0.1, 0.15) is 28.5 Å². The second kappa shape index (κ2) is 7.99. The summed E-state index contributed by atoms with van der Waals surface area (Å²) in [6, 6.07) is 11.4. The Labute approximate surface area is 184 Å². The molecule has 1 aliphatic carbocycles. The number of fused-ring (bicyclic) bond motifs is 3. The summed E-state index contributed by atoms with van der Waals surface area (Å²) in [5, 5.41) is 8.89. The van der Waals surface area contributed by atoms with Gasteiger partial charge in [0.25, 0.3) is 0 Å². The maximum atomic E-state index is 11.5. The van der Waals surface area contributed by atoms with Crippen LogP contribution in [0.2, 0.25) is 0 Å². The molecule has 0 amide bonds. The van der Waals surface area contributed by atoms with E-state index in [9.17, 15) is 4.79 Å². The lowest BCUT2D eigenvalue weighted by Gasteiger charge is -2.20. The van der Waals surface area contributed by atoms with Gasteiger partial charge in [0.2, 0.25) is 5.95 Å². The fraction of sp³-hybridized carbons (Fsp3) is 0.304. The van der Waals surface area contributed by atoms with Gasteiger partial charge < -0.3 is 19.5 Å². The zero-order valence-electron chi connectivity index (χ0n) is 18.1. The molecule has 0 atom stereocenters. The molecule has 4 aromatic rings. The molecule has 2 aromatic heterocycles. The monoisotopic (exact) mass is 433 g/mol. The van der Waals surface area contributed by atoms with E-state index < -0.39 is 0 Å². The van der Waals surface area contributed by atoms with Crippen molar-refractivity contribution in [2.75, 3.05) is 26.6 Å². The summed E-state index contributed by atoms with van der Waals surface area (Å²) in [5.41, 5.74) is 2.30. The van der Waals surface area contributed by atoms with Gasteiger partial charge in [-0.2, -0.15) is 4.52 Å².